The summed E-state index contributed by atoms with van der Waals surface area (Å²) in [6.45, 7) is 0. The molecule has 2 nitrogen and oxygen atoms in total. The van der Waals surface area contributed by atoms with E-state index in [1.54, 1.807) is 0 Å². The van der Waals surface area contributed by atoms with Crippen LogP contribution in [0.1, 0.15) is 40.1 Å². The van der Waals surface area contributed by atoms with Crippen LogP contribution in [0.3, 0.4) is 0 Å². The number of benzene rings is 1. The number of carbonyl (C=O) groups excluding carboxylic acids is 1. The van der Waals surface area contributed by atoms with Crippen molar-refractivity contribution in [2.45, 2.75) is 19.3 Å². The number of carbonyl (C=O) groups is 1. The number of hydrogen-bond acceptors (Lipinski definition) is 3. The molecule has 1 aromatic carbocycles. The van der Waals surface area contributed by atoms with Gasteiger partial charge in [-0.05, 0) is 47.4 Å². The van der Waals surface area contributed by atoms with Crippen LogP contribution >= 0.6 is 11.3 Å². The number of allylic oxidation sites excluding steroid dienone is 1. The summed E-state index contributed by atoms with van der Waals surface area (Å²) in [5.41, 5.74) is 3.36. The number of rotatable bonds is 1. The second-order valence-electron chi connectivity index (χ2n) is 5.58. The minimum absolute atomic E-state index is 0.0159. The molecule has 1 aromatic heterocycles. The summed E-state index contributed by atoms with van der Waals surface area (Å²) in [7, 11) is 0. The molecule has 0 radical (unpaired) electrons. The van der Waals surface area contributed by atoms with Crippen LogP contribution in [-0.4, -0.2) is 5.78 Å². The average molecular weight is 291 g/mol. The van der Waals surface area contributed by atoms with Gasteiger partial charge in [0.25, 0.3) is 0 Å². The van der Waals surface area contributed by atoms with E-state index in [-0.39, 0.29) is 5.78 Å². The second-order valence-corrected chi connectivity index (χ2v) is 6.50. The van der Waals surface area contributed by atoms with Crippen molar-refractivity contribution in [1.29, 1.82) is 5.26 Å². The Morgan fingerprint density at radius 3 is 2.76 bits per heavy atom. The molecule has 21 heavy (non-hydrogen) atoms. The van der Waals surface area contributed by atoms with E-state index in [0.29, 0.717) is 6.42 Å². The van der Waals surface area contributed by atoms with E-state index in [0.717, 1.165) is 40.0 Å². The second kappa shape index (κ2) is 4.41. The highest BCUT2D eigenvalue weighted by atomic mass is 32.1. The molecule has 0 spiro atoms. The van der Waals surface area contributed by atoms with E-state index in [9.17, 15) is 10.1 Å². The lowest BCUT2D eigenvalue weighted by molar-refractivity contribution is 0.0898. The first-order valence-corrected chi connectivity index (χ1v) is 7.99. The molecule has 1 fully saturated rings. The van der Waals surface area contributed by atoms with Crippen LogP contribution in [0.25, 0.3) is 5.57 Å². The van der Waals surface area contributed by atoms with Crippen molar-refractivity contribution in [3.8, 4) is 6.07 Å². The zero-order valence-corrected chi connectivity index (χ0v) is 12.2. The fourth-order valence-electron chi connectivity index (χ4n) is 3.63. The molecular weight excluding hydrogens is 278 g/mol. The first-order chi connectivity index (χ1) is 10.3. The smallest absolute Gasteiger partial charge is 0.197 e. The van der Waals surface area contributed by atoms with E-state index in [1.165, 1.54) is 11.3 Å². The zero-order valence-electron chi connectivity index (χ0n) is 11.4. The number of ketones is 1. The molecule has 1 heterocycles. The Balaban J connectivity index is 2.09. The Labute approximate surface area is 127 Å². The topological polar surface area (TPSA) is 40.9 Å². The number of thiophene rings is 1. The molecule has 0 amide bonds. The number of fused-ring (bicyclic) bond motifs is 2. The molecule has 4 rings (SSSR count). The van der Waals surface area contributed by atoms with Gasteiger partial charge >= 0.3 is 0 Å². The van der Waals surface area contributed by atoms with Crippen LogP contribution in [0.15, 0.2) is 47.4 Å². The highest BCUT2D eigenvalue weighted by Crippen LogP contribution is 2.54. The van der Waals surface area contributed by atoms with E-state index >= 15 is 0 Å². The van der Waals surface area contributed by atoms with Crippen molar-refractivity contribution in [3.63, 3.8) is 0 Å². The Hall–Kier alpha value is -2.18. The lowest BCUT2D eigenvalue weighted by Crippen LogP contribution is -2.32. The number of hydrogen-bond donors (Lipinski definition) is 0. The summed E-state index contributed by atoms with van der Waals surface area (Å²) in [5.74, 6) is 0.0159. The van der Waals surface area contributed by atoms with E-state index in [1.807, 2.05) is 29.6 Å². The van der Waals surface area contributed by atoms with Crippen molar-refractivity contribution in [2.24, 2.45) is 5.41 Å². The van der Waals surface area contributed by atoms with Gasteiger partial charge in [-0.25, -0.2) is 0 Å². The Kier molecular flexibility index (Phi) is 2.63. The Morgan fingerprint density at radius 2 is 2.00 bits per heavy atom. The lowest BCUT2D eigenvalue weighted by Gasteiger charge is -2.29. The summed E-state index contributed by atoms with van der Waals surface area (Å²) < 4.78 is 0. The van der Waals surface area contributed by atoms with E-state index in [4.69, 9.17) is 0 Å². The van der Waals surface area contributed by atoms with Crippen LogP contribution < -0.4 is 0 Å². The van der Waals surface area contributed by atoms with Crippen LogP contribution in [0.2, 0.25) is 0 Å². The number of nitriles is 1. The fourth-order valence-corrected chi connectivity index (χ4v) is 4.55. The monoisotopic (exact) mass is 291 g/mol. The molecule has 3 heteroatoms. The summed E-state index contributed by atoms with van der Waals surface area (Å²) in [5, 5.41) is 11.7. The van der Waals surface area contributed by atoms with Crippen molar-refractivity contribution < 1.29 is 4.79 Å². The molecule has 0 N–H and O–H groups in total. The Bertz CT molecular complexity index is 809. The summed E-state index contributed by atoms with van der Waals surface area (Å²) in [6, 6.07) is 14.5. The predicted octanol–water partition coefficient (Wildman–Crippen LogP) is 4.44. The lowest BCUT2D eigenvalue weighted by atomic mass is 9.70. The maximum atomic E-state index is 12.8. The third-order valence-corrected chi connectivity index (χ3v) is 5.49. The van der Waals surface area contributed by atoms with Crippen LogP contribution in [0.4, 0.5) is 0 Å². The van der Waals surface area contributed by atoms with E-state index < -0.39 is 5.41 Å². The van der Waals surface area contributed by atoms with E-state index in [2.05, 4.69) is 18.2 Å². The summed E-state index contributed by atoms with van der Waals surface area (Å²) in [4.78, 5) is 13.6. The third-order valence-electron chi connectivity index (χ3n) is 4.58. The average Bonchev–Trinajstić information content (AvgIpc) is 3.16. The summed E-state index contributed by atoms with van der Waals surface area (Å²) >= 11 is 1.46. The fraction of sp³-hybridized carbons (Fsp3) is 0.222. The number of nitrogens with zero attached hydrogens (tertiary/aromatic N) is 1. The summed E-state index contributed by atoms with van der Waals surface area (Å²) in [6.07, 6.45) is 2.42. The minimum atomic E-state index is -0.914. The first-order valence-electron chi connectivity index (χ1n) is 7.11. The zero-order chi connectivity index (χ0) is 14.4. The van der Waals surface area contributed by atoms with Gasteiger partial charge in [0.1, 0.15) is 5.41 Å². The molecule has 2 aliphatic rings. The van der Waals surface area contributed by atoms with Gasteiger partial charge in [-0.15, -0.1) is 11.3 Å². The maximum absolute atomic E-state index is 12.8. The van der Waals surface area contributed by atoms with Crippen LogP contribution in [0, 0.1) is 16.7 Å². The molecule has 0 bridgehead atoms. The normalized spacial score (nSPS) is 23.7. The van der Waals surface area contributed by atoms with Gasteiger partial charge in [0, 0.05) is 5.56 Å². The minimum Gasteiger partial charge on any atom is -0.291 e. The quantitative estimate of drug-likeness (QED) is 0.779. The van der Waals surface area contributed by atoms with Crippen LogP contribution in [-0.2, 0) is 0 Å². The molecule has 0 aliphatic heterocycles. The highest BCUT2D eigenvalue weighted by molar-refractivity contribution is 7.12. The van der Waals surface area contributed by atoms with Gasteiger partial charge in [-0.2, -0.15) is 5.26 Å². The highest BCUT2D eigenvalue weighted by Gasteiger charge is 2.51. The van der Waals surface area contributed by atoms with Gasteiger partial charge in [0.2, 0.25) is 0 Å². The SMILES string of the molecule is N#CC12CCCC1=C(c1ccccc1)c1ccsc1C2=O. The van der Waals surface area contributed by atoms with Crippen molar-refractivity contribution in [1.82, 2.24) is 0 Å². The first kappa shape index (κ1) is 12.6. The van der Waals surface area contributed by atoms with Gasteiger partial charge in [-0.3, -0.25) is 4.79 Å². The number of Topliss-reactive ketones (excluding diaryl/α,β-unsaturated/α-hetero) is 1. The van der Waals surface area contributed by atoms with Gasteiger partial charge in [-0.1, -0.05) is 30.3 Å². The third kappa shape index (κ3) is 1.54. The largest absolute Gasteiger partial charge is 0.291 e. The van der Waals surface area contributed by atoms with Crippen molar-refractivity contribution in [3.05, 3.63) is 63.4 Å². The molecule has 0 saturated heterocycles. The van der Waals surface area contributed by atoms with Gasteiger partial charge < -0.3 is 0 Å². The molecule has 1 unspecified atom stereocenters. The molecular formula is C18H13NOS. The van der Waals surface area contributed by atoms with Crippen molar-refractivity contribution in [2.75, 3.05) is 0 Å². The predicted molar refractivity (Wildman–Crippen MR) is 83.0 cm³/mol. The van der Waals surface area contributed by atoms with Gasteiger partial charge in [0.05, 0.1) is 10.9 Å². The van der Waals surface area contributed by atoms with Crippen LogP contribution in [0.5, 0.6) is 0 Å². The maximum Gasteiger partial charge on any atom is 0.197 e. The molecule has 1 atom stereocenters. The van der Waals surface area contributed by atoms with Crippen molar-refractivity contribution >= 4 is 22.7 Å². The van der Waals surface area contributed by atoms with Gasteiger partial charge in [0.15, 0.2) is 5.78 Å². The molecule has 1 saturated carbocycles. The molecule has 2 aromatic rings. The standard InChI is InChI=1S/C18H13NOS/c19-11-18-9-4-7-14(18)15(12-5-2-1-3-6-12)13-8-10-21-16(13)17(18)20/h1-3,5-6,8,10H,4,7,9H2. The molecule has 102 valence electrons. The Morgan fingerprint density at radius 1 is 1.19 bits per heavy atom. The molecule has 2 aliphatic carbocycles.